The molecule has 0 aliphatic carbocycles. The third-order valence-electron chi connectivity index (χ3n) is 6.66. The SMILES string of the molecule is CC/C=C/n1c(C)c(C(=O)CC(C(=O)O)c2c(C)n(/C=C/CC)c3ccccc23)c2ccccc21. The minimum atomic E-state index is -0.990. The average Bonchev–Trinajstić information content (AvgIpc) is 3.29. The second-order valence-corrected chi connectivity index (χ2v) is 8.84. The van der Waals surface area contributed by atoms with Gasteiger partial charge in [0.2, 0.25) is 0 Å². The summed E-state index contributed by atoms with van der Waals surface area (Å²) in [7, 11) is 0. The topological polar surface area (TPSA) is 64.2 Å². The van der Waals surface area contributed by atoms with Crippen LogP contribution in [0.15, 0.2) is 60.7 Å². The van der Waals surface area contributed by atoms with E-state index in [4.69, 9.17) is 0 Å². The first-order valence-electron chi connectivity index (χ1n) is 12.2. The molecule has 5 heteroatoms. The summed E-state index contributed by atoms with van der Waals surface area (Å²) < 4.78 is 4.05. The third-order valence-corrected chi connectivity index (χ3v) is 6.66. The standard InChI is InChI=1S/C30H32N2O3/c1-5-7-17-31-20(3)28(22-13-9-11-15-25(22)31)24(30(34)35)19-27(33)29-21(4)32(18-8-6-2)26-16-12-10-14-23(26)29/h7-18,24H,5-6,19H2,1-4H3,(H,34,35)/b17-7+,18-8+. The van der Waals surface area contributed by atoms with Crippen LogP contribution in [0.4, 0.5) is 0 Å². The maximum absolute atomic E-state index is 13.8. The molecule has 0 aliphatic rings. The van der Waals surface area contributed by atoms with Crippen molar-refractivity contribution in [2.24, 2.45) is 0 Å². The number of allylic oxidation sites excluding steroid dienone is 2. The molecule has 2 aromatic carbocycles. The highest BCUT2D eigenvalue weighted by molar-refractivity contribution is 6.11. The second-order valence-electron chi connectivity index (χ2n) is 8.84. The molecule has 4 aromatic rings. The maximum Gasteiger partial charge on any atom is 0.311 e. The number of carboxylic acid groups (broad SMARTS) is 1. The highest BCUT2D eigenvalue weighted by atomic mass is 16.4. The van der Waals surface area contributed by atoms with Gasteiger partial charge in [-0.2, -0.15) is 0 Å². The Morgan fingerprint density at radius 1 is 0.829 bits per heavy atom. The van der Waals surface area contributed by atoms with E-state index in [0.717, 1.165) is 46.0 Å². The average molecular weight is 469 g/mol. The van der Waals surface area contributed by atoms with Crippen molar-refractivity contribution < 1.29 is 14.7 Å². The van der Waals surface area contributed by atoms with Gasteiger partial charge in [0.05, 0.1) is 17.0 Å². The van der Waals surface area contributed by atoms with E-state index in [9.17, 15) is 14.7 Å². The Bertz CT molecular complexity index is 1470. The number of hydrogen-bond acceptors (Lipinski definition) is 2. The second kappa shape index (κ2) is 10.2. The fourth-order valence-corrected chi connectivity index (χ4v) is 5.01. The summed E-state index contributed by atoms with van der Waals surface area (Å²) >= 11 is 0. The van der Waals surface area contributed by atoms with Crippen molar-refractivity contribution in [1.82, 2.24) is 9.13 Å². The Labute approximate surface area is 206 Å². The van der Waals surface area contributed by atoms with E-state index in [1.165, 1.54) is 0 Å². The fraction of sp³-hybridized carbons (Fsp3) is 0.267. The number of fused-ring (bicyclic) bond motifs is 2. The molecule has 35 heavy (non-hydrogen) atoms. The normalized spacial score (nSPS) is 12.9. The van der Waals surface area contributed by atoms with Crippen LogP contribution in [0.25, 0.3) is 34.2 Å². The number of carbonyl (C=O) groups is 2. The van der Waals surface area contributed by atoms with Crippen molar-refractivity contribution in [1.29, 1.82) is 0 Å². The molecule has 0 bridgehead atoms. The third kappa shape index (κ3) is 4.34. The minimum absolute atomic E-state index is 0.103. The van der Waals surface area contributed by atoms with Gasteiger partial charge in [-0.3, -0.25) is 9.59 Å². The Kier molecular flexibility index (Phi) is 7.06. The molecule has 0 fully saturated rings. The number of benzene rings is 2. The highest BCUT2D eigenvalue weighted by Crippen LogP contribution is 2.36. The molecule has 2 aromatic heterocycles. The molecule has 0 aliphatic heterocycles. The molecule has 0 saturated heterocycles. The molecular formula is C30H32N2O3. The van der Waals surface area contributed by atoms with E-state index in [1.807, 2.05) is 90.0 Å². The zero-order chi connectivity index (χ0) is 25.1. The van der Waals surface area contributed by atoms with Gasteiger partial charge < -0.3 is 14.2 Å². The summed E-state index contributed by atoms with van der Waals surface area (Å²) in [5.74, 6) is -2.09. The molecule has 0 spiro atoms. The van der Waals surface area contributed by atoms with E-state index >= 15 is 0 Å². The fourth-order valence-electron chi connectivity index (χ4n) is 5.01. The van der Waals surface area contributed by atoms with Crippen molar-refractivity contribution in [2.75, 3.05) is 0 Å². The van der Waals surface area contributed by atoms with Crippen LogP contribution in [0.2, 0.25) is 0 Å². The molecule has 1 atom stereocenters. The van der Waals surface area contributed by atoms with Crippen LogP contribution in [0.3, 0.4) is 0 Å². The van der Waals surface area contributed by atoms with Gasteiger partial charge in [0.1, 0.15) is 0 Å². The van der Waals surface area contributed by atoms with Crippen molar-refractivity contribution in [2.45, 2.75) is 52.9 Å². The Hall–Kier alpha value is -3.86. The summed E-state index contributed by atoms with van der Waals surface area (Å²) in [6, 6.07) is 15.6. The first kappa shape index (κ1) is 24.3. The van der Waals surface area contributed by atoms with E-state index < -0.39 is 11.9 Å². The van der Waals surface area contributed by atoms with Crippen molar-refractivity contribution >= 4 is 46.0 Å². The van der Waals surface area contributed by atoms with Crippen LogP contribution < -0.4 is 0 Å². The molecule has 0 saturated carbocycles. The molecule has 2 heterocycles. The Morgan fingerprint density at radius 3 is 1.91 bits per heavy atom. The lowest BCUT2D eigenvalue weighted by molar-refractivity contribution is -0.138. The molecule has 180 valence electrons. The summed E-state index contributed by atoms with van der Waals surface area (Å²) in [6.07, 6.45) is 9.72. The lowest BCUT2D eigenvalue weighted by atomic mass is 9.89. The first-order chi connectivity index (χ1) is 16.9. The van der Waals surface area contributed by atoms with E-state index in [2.05, 4.69) is 19.9 Å². The Balaban J connectivity index is 1.83. The maximum atomic E-state index is 13.8. The van der Waals surface area contributed by atoms with Crippen molar-refractivity contribution in [3.8, 4) is 0 Å². The molecule has 1 unspecified atom stereocenters. The van der Waals surface area contributed by atoms with Crippen LogP contribution in [0, 0.1) is 13.8 Å². The largest absolute Gasteiger partial charge is 0.481 e. The molecule has 0 radical (unpaired) electrons. The van der Waals surface area contributed by atoms with Crippen LogP contribution >= 0.6 is 0 Å². The predicted molar refractivity (Wildman–Crippen MR) is 144 cm³/mol. The number of Topliss-reactive ketones (excluding diaryl/α,β-unsaturated/α-hetero) is 1. The van der Waals surface area contributed by atoms with Gasteiger partial charge in [0.25, 0.3) is 0 Å². The van der Waals surface area contributed by atoms with E-state index in [0.29, 0.717) is 11.1 Å². The van der Waals surface area contributed by atoms with Gasteiger partial charge >= 0.3 is 5.97 Å². The number of hydrogen-bond donors (Lipinski definition) is 1. The summed E-state index contributed by atoms with van der Waals surface area (Å²) in [4.78, 5) is 26.3. The number of carbonyl (C=O) groups excluding carboxylic acids is 1. The number of rotatable bonds is 9. The minimum Gasteiger partial charge on any atom is -0.481 e. The van der Waals surface area contributed by atoms with Gasteiger partial charge in [-0.15, -0.1) is 0 Å². The van der Waals surface area contributed by atoms with E-state index in [-0.39, 0.29) is 12.2 Å². The number of para-hydroxylation sites is 2. The molecular weight excluding hydrogens is 436 g/mol. The summed E-state index contributed by atoms with van der Waals surface area (Å²) in [6.45, 7) is 7.99. The number of aromatic nitrogens is 2. The van der Waals surface area contributed by atoms with Crippen LogP contribution in [-0.2, 0) is 4.79 Å². The van der Waals surface area contributed by atoms with Gasteiger partial charge in [-0.05, 0) is 44.4 Å². The first-order valence-corrected chi connectivity index (χ1v) is 12.2. The summed E-state index contributed by atoms with van der Waals surface area (Å²) in [5.41, 5.74) is 4.87. The zero-order valence-corrected chi connectivity index (χ0v) is 20.8. The van der Waals surface area contributed by atoms with Crippen LogP contribution in [0.5, 0.6) is 0 Å². The summed E-state index contributed by atoms with van der Waals surface area (Å²) in [5, 5.41) is 12.0. The van der Waals surface area contributed by atoms with E-state index in [1.54, 1.807) is 0 Å². The monoisotopic (exact) mass is 468 g/mol. The van der Waals surface area contributed by atoms with Crippen LogP contribution in [0.1, 0.15) is 66.3 Å². The molecule has 0 amide bonds. The van der Waals surface area contributed by atoms with Gasteiger partial charge in [0, 0.05) is 46.5 Å². The molecule has 1 N–H and O–H groups in total. The number of carboxylic acids is 1. The zero-order valence-electron chi connectivity index (χ0n) is 20.8. The number of aliphatic carboxylic acids is 1. The molecule has 5 nitrogen and oxygen atoms in total. The number of nitrogens with zero attached hydrogens (tertiary/aromatic N) is 2. The quantitative estimate of drug-likeness (QED) is 0.260. The van der Waals surface area contributed by atoms with Crippen LogP contribution in [-0.4, -0.2) is 26.0 Å². The van der Waals surface area contributed by atoms with Gasteiger partial charge in [-0.25, -0.2) is 0 Å². The van der Waals surface area contributed by atoms with Crippen molar-refractivity contribution in [3.63, 3.8) is 0 Å². The smallest absolute Gasteiger partial charge is 0.311 e. The lowest BCUT2D eigenvalue weighted by Crippen LogP contribution is -2.17. The highest BCUT2D eigenvalue weighted by Gasteiger charge is 2.31. The lowest BCUT2D eigenvalue weighted by Gasteiger charge is -2.14. The predicted octanol–water partition coefficient (Wildman–Crippen LogP) is 7.42. The van der Waals surface area contributed by atoms with Crippen molar-refractivity contribution in [3.05, 3.63) is 83.2 Å². The number of ketones is 1. The Morgan fingerprint density at radius 2 is 1.34 bits per heavy atom. The van der Waals surface area contributed by atoms with Gasteiger partial charge in [-0.1, -0.05) is 62.4 Å². The molecule has 4 rings (SSSR count). The van der Waals surface area contributed by atoms with Gasteiger partial charge in [0.15, 0.2) is 5.78 Å².